The maximum atomic E-state index is 14.8. The van der Waals surface area contributed by atoms with Gasteiger partial charge in [-0.2, -0.15) is 4.39 Å². The van der Waals surface area contributed by atoms with Crippen LogP contribution in [0.4, 0.5) is 21.7 Å². The molecule has 0 radical (unpaired) electrons. The van der Waals surface area contributed by atoms with E-state index in [1.165, 1.54) is 11.1 Å². The van der Waals surface area contributed by atoms with Crippen molar-refractivity contribution in [1.82, 2.24) is 14.9 Å². The molecule has 0 atom stereocenters. The third kappa shape index (κ3) is 7.26. The first-order chi connectivity index (χ1) is 23.6. The number of fused-ring (bicyclic) bond motifs is 2. The molecule has 2 N–H and O–H groups in total. The highest BCUT2D eigenvalue weighted by Gasteiger charge is 2.24. The van der Waals surface area contributed by atoms with Gasteiger partial charge in [0.25, 0.3) is 0 Å². The Bertz CT molecular complexity index is 1830. The Balaban J connectivity index is 0.981. The van der Waals surface area contributed by atoms with Crippen LogP contribution >= 0.6 is 0 Å². The van der Waals surface area contributed by atoms with E-state index in [9.17, 15) is 4.39 Å². The smallest absolute Gasteiger partial charge is 0.206 e. The van der Waals surface area contributed by atoms with Crippen LogP contribution in [-0.4, -0.2) is 66.3 Å². The number of nitrogens with one attached hydrogen (secondary N) is 2. The SMILES string of the molecule is CCOc1cc(CN2CCC(Nc3cc(N4CCC(Nc5ccc6ccccc6n5)CC4)c4ccccc4n3)CC2)cc(OCC)c1F. The van der Waals surface area contributed by atoms with Crippen LogP contribution in [0.3, 0.4) is 0 Å². The van der Waals surface area contributed by atoms with Crippen LogP contribution in [0.5, 0.6) is 11.5 Å². The van der Waals surface area contributed by atoms with Crippen molar-refractivity contribution in [2.45, 2.75) is 58.2 Å². The van der Waals surface area contributed by atoms with E-state index in [1.807, 2.05) is 32.0 Å². The van der Waals surface area contributed by atoms with Crippen molar-refractivity contribution >= 4 is 39.1 Å². The molecule has 5 aromatic rings. The fraction of sp³-hybridized carbons (Fsp3) is 0.385. The number of para-hydroxylation sites is 2. The Morgan fingerprint density at radius 2 is 1.31 bits per heavy atom. The standard InChI is InChI=1S/C39H45FN6O2/c1-3-47-35-23-27(24-36(39(35)40)48-4-2)26-45-19-15-29(16-20-45)42-38-25-34(31-10-6-8-12-33(31)44-38)46-21-17-30(18-22-46)41-37-14-13-28-9-5-7-11-32(28)43-37/h5-14,23-25,29-30H,3-4,15-22,26H2,1-2H3,(H,41,43)(H,42,44). The fourth-order valence-electron chi connectivity index (χ4n) is 7.05. The van der Waals surface area contributed by atoms with Gasteiger partial charge in [-0.05, 0) is 81.5 Å². The highest BCUT2D eigenvalue weighted by atomic mass is 19.1. The summed E-state index contributed by atoms with van der Waals surface area (Å²) in [6.07, 6.45) is 4.08. The molecule has 2 fully saturated rings. The number of nitrogens with zero attached hydrogens (tertiary/aromatic N) is 4. The zero-order chi connectivity index (χ0) is 32.9. The third-order valence-corrected chi connectivity index (χ3v) is 9.49. The number of benzene rings is 3. The van der Waals surface area contributed by atoms with Gasteiger partial charge in [-0.1, -0.05) is 36.4 Å². The van der Waals surface area contributed by atoms with E-state index in [1.54, 1.807) is 0 Å². The number of pyridine rings is 2. The van der Waals surface area contributed by atoms with Crippen molar-refractivity contribution in [1.29, 1.82) is 0 Å². The van der Waals surface area contributed by atoms with Crippen molar-refractivity contribution in [2.75, 3.05) is 54.9 Å². The van der Waals surface area contributed by atoms with Crippen LogP contribution in [0.2, 0.25) is 0 Å². The third-order valence-electron chi connectivity index (χ3n) is 9.49. The van der Waals surface area contributed by atoms with Crippen LogP contribution in [0.25, 0.3) is 21.8 Å². The van der Waals surface area contributed by atoms with Gasteiger partial charge in [0, 0.05) is 67.3 Å². The topological polar surface area (TPSA) is 74.8 Å². The minimum Gasteiger partial charge on any atom is -0.491 e. The molecule has 3 aromatic carbocycles. The van der Waals surface area contributed by atoms with Gasteiger partial charge in [-0.3, -0.25) is 4.90 Å². The predicted molar refractivity (Wildman–Crippen MR) is 193 cm³/mol. The summed E-state index contributed by atoms with van der Waals surface area (Å²) in [7, 11) is 0. The van der Waals surface area contributed by atoms with E-state index in [0.717, 1.165) is 92.0 Å². The van der Waals surface area contributed by atoms with Gasteiger partial charge in [0.1, 0.15) is 11.6 Å². The molecule has 48 heavy (non-hydrogen) atoms. The van der Waals surface area contributed by atoms with Crippen molar-refractivity contribution in [3.8, 4) is 11.5 Å². The Hall–Kier alpha value is -4.63. The summed E-state index contributed by atoms with van der Waals surface area (Å²) in [4.78, 5) is 14.8. The van der Waals surface area contributed by atoms with Crippen molar-refractivity contribution in [3.63, 3.8) is 0 Å². The highest BCUT2D eigenvalue weighted by molar-refractivity contribution is 5.93. The molecule has 0 bridgehead atoms. The molecule has 9 heteroatoms. The summed E-state index contributed by atoms with van der Waals surface area (Å²) in [6.45, 7) is 9.10. The number of hydrogen-bond donors (Lipinski definition) is 2. The fourth-order valence-corrected chi connectivity index (χ4v) is 7.05. The number of rotatable bonds is 11. The lowest BCUT2D eigenvalue weighted by Gasteiger charge is -2.35. The van der Waals surface area contributed by atoms with Gasteiger partial charge in [0.2, 0.25) is 5.82 Å². The number of anilines is 3. The number of likely N-dealkylation sites (tertiary alicyclic amines) is 1. The molecule has 2 aromatic heterocycles. The highest BCUT2D eigenvalue weighted by Crippen LogP contribution is 2.33. The Kier molecular flexibility index (Phi) is 9.75. The molecule has 2 aliphatic heterocycles. The predicted octanol–water partition coefficient (Wildman–Crippen LogP) is 7.88. The molecule has 4 heterocycles. The van der Waals surface area contributed by atoms with Crippen molar-refractivity contribution in [2.24, 2.45) is 0 Å². The first kappa shape index (κ1) is 31.9. The van der Waals surface area contributed by atoms with Gasteiger partial charge in [-0.25, -0.2) is 9.97 Å². The number of ether oxygens (including phenoxy) is 2. The zero-order valence-corrected chi connectivity index (χ0v) is 27.9. The van der Waals surface area contributed by atoms with Crippen LogP contribution in [0.1, 0.15) is 45.1 Å². The summed E-state index contributed by atoms with van der Waals surface area (Å²) < 4.78 is 25.9. The summed E-state index contributed by atoms with van der Waals surface area (Å²) in [6, 6.07) is 27.5. The van der Waals surface area contributed by atoms with Gasteiger partial charge in [0.05, 0.1) is 24.2 Å². The van der Waals surface area contributed by atoms with Crippen LogP contribution < -0.4 is 25.0 Å². The molecule has 250 valence electrons. The summed E-state index contributed by atoms with van der Waals surface area (Å²) in [5.41, 5.74) is 4.29. The van der Waals surface area contributed by atoms with E-state index in [0.29, 0.717) is 25.3 Å². The Morgan fingerprint density at radius 1 is 0.708 bits per heavy atom. The second kappa shape index (κ2) is 14.6. The Labute approximate surface area is 282 Å². The van der Waals surface area contributed by atoms with Crippen LogP contribution in [0.15, 0.2) is 78.9 Å². The summed E-state index contributed by atoms with van der Waals surface area (Å²) in [5, 5.41) is 9.82. The van der Waals surface area contributed by atoms with Gasteiger partial charge < -0.3 is 25.0 Å². The van der Waals surface area contributed by atoms with Gasteiger partial charge in [0.15, 0.2) is 11.5 Å². The molecule has 2 aliphatic rings. The second-order valence-corrected chi connectivity index (χ2v) is 12.8. The van der Waals surface area contributed by atoms with E-state index in [2.05, 4.69) is 81.1 Å². The average molecular weight is 649 g/mol. The number of aromatic nitrogens is 2. The number of piperidine rings is 2. The molecule has 0 spiro atoms. The molecule has 0 aliphatic carbocycles. The zero-order valence-electron chi connectivity index (χ0n) is 27.9. The Morgan fingerprint density at radius 3 is 2.02 bits per heavy atom. The molecule has 0 saturated carbocycles. The molecular weight excluding hydrogens is 603 g/mol. The van der Waals surface area contributed by atoms with E-state index >= 15 is 0 Å². The number of hydrogen-bond acceptors (Lipinski definition) is 8. The van der Waals surface area contributed by atoms with Crippen LogP contribution in [0, 0.1) is 5.82 Å². The molecule has 7 rings (SSSR count). The molecule has 2 saturated heterocycles. The molecule has 0 amide bonds. The van der Waals surface area contributed by atoms with Crippen molar-refractivity contribution in [3.05, 3.63) is 90.2 Å². The van der Waals surface area contributed by atoms with E-state index in [4.69, 9.17) is 19.4 Å². The summed E-state index contributed by atoms with van der Waals surface area (Å²) in [5.74, 6) is 1.98. The first-order valence-electron chi connectivity index (χ1n) is 17.4. The largest absolute Gasteiger partial charge is 0.491 e. The van der Waals surface area contributed by atoms with Crippen LogP contribution in [-0.2, 0) is 6.54 Å². The van der Waals surface area contributed by atoms with E-state index < -0.39 is 5.82 Å². The second-order valence-electron chi connectivity index (χ2n) is 12.8. The molecule has 0 unspecified atom stereocenters. The number of halogens is 1. The van der Waals surface area contributed by atoms with Crippen molar-refractivity contribution < 1.29 is 13.9 Å². The van der Waals surface area contributed by atoms with Gasteiger partial charge >= 0.3 is 0 Å². The minimum absolute atomic E-state index is 0.260. The lowest BCUT2D eigenvalue weighted by molar-refractivity contribution is 0.210. The molecular formula is C39H45FN6O2. The van der Waals surface area contributed by atoms with E-state index in [-0.39, 0.29) is 11.5 Å². The average Bonchev–Trinajstić information content (AvgIpc) is 3.11. The monoisotopic (exact) mass is 648 g/mol. The normalized spacial score (nSPS) is 16.4. The lowest BCUT2D eigenvalue weighted by Crippen LogP contribution is -2.40. The van der Waals surface area contributed by atoms with Gasteiger partial charge in [-0.15, -0.1) is 0 Å². The maximum absolute atomic E-state index is 14.8. The molecule has 8 nitrogen and oxygen atoms in total. The maximum Gasteiger partial charge on any atom is 0.206 e. The summed E-state index contributed by atoms with van der Waals surface area (Å²) >= 11 is 0. The first-order valence-corrected chi connectivity index (χ1v) is 17.4. The lowest BCUT2D eigenvalue weighted by atomic mass is 10.0. The minimum atomic E-state index is -0.424. The quantitative estimate of drug-likeness (QED) is 0.150.